The Morgan fingerprint density at radius 3 is 2.45 bits per heavy atom. The molecule has 1 rings (SSSR count). The van der Waals surface area contributed by atoms with Crippen molar-refractivity contribution >= 4 is 23.2 Å². The first-order valence-electron chi connectivity index (χ1n) is 7.54. The maximum atomic E-state index is 12.1. The first kappa shape index (κ1) is 18.0. The number of nitrogens with two attached hydrogens (primary N) is 1. The summed E-state index contributed by atoms with van der Waals surface area (Å²) in [5.74, 6) is 0.307. The zero-order valence-electron chi connectivity index (χ0n) is 13.4. The van der Waals surface area contributed by atoms with Crippen molar-refractivity contribution in [2.24, 2.45) is 11.7 Å². The molecule has 1 aromatic carbocycles. The molecule has 0 aliphatic heterocycles. The molecule has 0 radical (unpaired) electrons. The monoisotopic (exact) mass is 307 g/mol. The van der Waals surface area contributed by atoms with Crippen LogP contribution in [0.25, 0.3) is 0 Å². The van der Waals surface area contributed by atoms with Crippen molar-refractivity contribution in [3.05, 3.63) is 18.2 Å². The third-order valence-corrected chi connectivity index (χ3v) is 3.47. The highest BCUT2D eigenvalue weighted by atomic mass is 16.5. The number of carbonyl (C=O) groups is 2. The summed E-state index contributed by atoms with van der Waals surface area (Å²) in [7, 11) is 1.52. The Bertz CT molecular complexity index is 513. The molecule has 0 heterocycles. The largest absolute Gasteiger partial charge is 0.495 e. The zero-order chi connectivity index (χ0) is 16.5. The number of hydrogen-bond acceptors (Lipinski definition) is 4. The third kappa shape index (κ3) is 5.04. The van der Waals surface area contributed by atoms with Crippen LogP contribution in [0.2, 0.25) is 0 Å². The van der Waals surface area contributed by atoms with Gasteiger partial charge in [0.15, 0.2) is 0 Å². The molecular weight excluding hydrogens is 282 g/mol. The predicted octanol–water partition coefficient (Wildman–Crippen LogP) is 2.36. The van der Waals surface area contributed by atoms with Crippen LogP contribution < -0.4 is 21.1 Å². The number of nitrogens with one attached hydrogen (secondary N) is 2. The summed E-state index contributed by atoms with van der Waals surface area (Å²) in [6.45, 7) is 4.25. The van der Waals surface area contributed by atoms with Gasteiger partial charge in [-0.1, -0.05) is 13.8 Å². The molecule has 0 saturated carbocycles. The first-order valence-corrected chi connectivity index (χ1v) is 7.54. The van der Waals surface area contributed by atoms with Gasteiger partial charge in [0.25, 0.3) is 0 Å². The number of methoxy groups -OCH3 is 1. The molecule has 6 nitrogen and oxygen atoms in total. The Labute approximate surface area is 131 Å². The highest BCUT2D eigenvalue weighted by Crippen LogP contribution is 2.28. The number of carbonyl (C=O) groups excluding carboxylic acids is 2. The zero-order valence-corrected chi connectivity index (χ0v) is 13.4. The number of rotatable bonds is 8. The minimum atomic E-state index is -0.190. The smallest absolute Gasteiger partial charge is 0.227 e. The average molecular weight is 307 g/mol. The fourth-order valence-corrected chi connectivity index (χ4v) is 2.13. The van der Waals surface area contributed by atoms with E-state index in [-0.39, 0.29) is 30.7 Å². The highest BCUT2D eigenvalue weighted by Gasteiger charge is 2.15. The van der Waals surface area contributed by atoms with Crippen LogP contribution in [-0.4, -0.2) is 25.5 Å². The maximum absolute atomic E-state index is 12.1. The van der Waals surface area contributed by atoms with Gasteiger partial charge in [0, 0.05) is 24.6 Å². The second kappa shape index (κ2) is 9.04. The summed E-state index contributed by atoms with van der Waals surface area (Å²) in [5.41, 5.74) is 6.51. The van der Waals surface area contributed by atoms with Crippen molar-refractivity contribution < 1.29 is 14.3 Å². The third-order valence-electron chi connectivity index (χ3n) is 3.47. The Morgan fingerprint density at radius 1 is 1.23 bits per heavy atom. The van der Waals surface area contributed by atoms with Crippen LogP contribution in [0.3, 0.4) is 0 Å². The Balaban J connectivity index is 2.89. The molecule has 0 bridgehead atoms. The summed E-state index contributed by atoms with van der Waals surface area (Å²) in [5, 5.41) is 5.61. The number of anilines is 2. The SMILES string of the molecule is CCC(CC)C(=O)Nc1ccc(OC)c(NC(=O)CCN)c1. The molecule has 4 N–H and O–H groups in total. The second-order valence-electron chi connectivity index (χ2n) is 5.00. The van der Waals surface area contributed by atoms with E-state index in [1.54, 1.807) is 18.2 Å². The molecule has 2 amide bonds. The van der Waals surface area contributed by atoms with E-state index in [4.69, 9.17) is 10.5 Å². The van der Waals surface area contributed by atoms with Crippen LogP contribution in [0.15, 0.2) is 18.2 Å². The van der Waals surface area contributed by atoms with Gasteiger partial charge in [-0.15, -0.1) is 0 Å². The molecule has 6 heteroatoms. The van der Waals surface area contributed by atoms with Crippen molar-refractivity contribution in [2.75, 3.05) is 24.3 Å². The topological polar surface area (TPSA) is 93.5 Å². The van der Waals surface area contributed by atoms with Gasteiger partial charge in [0.2, 0.25) is 11.8 Å². The van der Waals surface area contributed by atoms with Crippen molar-refractivity contribution in [3.63, 3.8) is 0 Å². The number of benzene rings is 1. The Hall–Kier alpha value is -2.08. The van der Waals surface area contributed by atoms with E-state index in [1.165, 1.54) is 7.11 Å². The van der Waals surface area contributed by atoms with Crippen LogP contribution >= 0.6 is 0 Å². The molecule has 22 heavy (non-hydrogen) atoms. The van der Waals surface area contributed by atoms with Gasteiger partial charge in [-0.2, -0.15) is 0 Å². The minimum absolute atomic E-state index is 0.0163. The number of ether oxygens (including phenoxy) is 1. The van der Waals surface area contributed by atoms with Gasteiger partial charge in [-0.3, -0.25) is 9.59 Å². The first-order chi connectivity index (χ1) is 10.5. The molecule has 122 valence electrons. The fraction of sp³-hybridized carbons (Fsp3) is 0.500. The van der Waals surface area contributed by atoms with E-state index >= 15 is 0 Å². The maximum Gasteiger partial charge on any atom is 0.227 e. The molecule has 1 aromatic rings. The summed E-state index contributed by atoms with van der Waals surface area (Å²) >= 11 is 0. The van der Waals surface area contributed by atoms with Crippen LogP contribution in [0.1, 0.15) is 33.1 Å². The predicted molar refractivity (Wildman–Crippen MR) is 88.0 cm³/mol. The van der Waals surface area contributed by atoms with Crippen molar-refractivity contribution in [3.8, 4) is 5.75 Å². The van der Waals surface area contributed by atoms with Crippen LogP contribution in [0, 0.1) is 5.92 Å². The van der Waals surface area contributed by atoms with Gasteiger partial charge < -0.3 is 21.1 Å². The van der Waals surface area contributed by atoms with E-state index < -0.39 is 0 Å². The minimum Gasteiger partial charge on any atom is -0.495 e. The summed E-state index contributed by atoms with van der Waals surface area (Å²) in [6.07, 6.45) is 1.81. The molecule has 0 saturated heterocycles. The van der Waals surface area contributed by atoms with E-state index in [2.05, 4.69) is 10.6 Å². The molecule has 0 unspecified atom stereocenters. The Kier molecular flexibility index (Phi) is 7.39. The standard InChI is InChI=1S/C16H25N3O3/c1-4-11(5-2)16(21)18-12-6-7-14(22-3)13(10-12)19-15(20)8-9-17/h6-7,10-11H,4-5,8-9,17H2,1-3H3,(H,18,21)(H,19,20). The lowest BCUT2D eigenvalue weighted by Gasteiger charge is -2.15. The van der Waals surface area contributed by atoms with Crippen LogP contribution in [-0.2, 0) is 9.59 Å². The van der Waals surface area contributed by atoms with Crippen molar-refractivity contribution in [1.82, 2.24) is 0 Å². The fourth-order valence-electron chi connectivity index (χ4n) is 2.13. The van der Waals surface area contributed by atoms with Crippen molar-refractivity contribution in [2.45, 2.75) is 33.1 Å². The molecule has 0 atom stereocenters. The molecule has 0 aromatic heterocycles. The highest BCUT2D eigenvalue weighted by molar-refractivity contribution is 5.96. The van der Waals surface area contributed by atoms with E-state index in [9.17, 15) is 9.59 Å². The van der Waals surface area contributed by atoms with Gasteiger partial charge in [-0.05, 0) is 31.0 Å². The van der Waals surface area contributed by atoms with Crippen LogP contribution in [0.5, 0.6) is 5.75 Å². The molecule has 0 aliphatic rings. The van der Waals surface area contributed by atoms with E-state index in [0.29, 0.717) is 17.1 Å². The quantitative estimate of drug-likeness (QED) is 0.687. The summed E-state index contributed by atoms with van der Waals surface area (Å²) in [6, 6.07) is 5.14. The number of amides is 2. The van der Waals surface area contributed by atoms with Crippen molar-refractivity contribution in [1.29, 1.82) is 0 Å². The van der Waals surface area contributed by atoms with Gasteiger partial charge in [-0.25, -0.2) is 0 Å². The van der Waals surface area contributed by atoms with Gasteiger partial charge in [0.1, 0.15) is 5.75 Å². The normalized spacial score (nSPS) is 10.4. The Morgan fingerprint density at radius 2 is 1.91 bits per heavy atom. The molecule has 0 aliphatic carbocycles. The second-order valence-corrected chi connectivity index (χ2v) is 5.00. The van der Waals surface area contributed by atoms with Gasteiger partial charge >= 0.3 is 0 Å². The van der Waals surface area contributed by atoms with Crippen LogP contribution in [0.4, 0.5) is 11.4 Å². The van der Waals surface area contributed by atoms with Gasteiger partial charge in [0.05, 0.1) is 12.8 Å². The summed E-state index contributed by atoms with van der Waals surface area (Å²) < 4.78 is 5.22. The molecule has 0 spiro atoms. The number of hydrogen-bond donors (Lipinski definition) is 3. The molecular formula is C16H25N3O3. The lowest BCUT2D eigenvalue weighted by molar-refractivity contribution is -0.120. The average Bonchev–Trinajstić information content (AvgIpc) is 2.49. The van der Waals surface area contributed by atoms with E-state index in [0.717, 1.165) is 12.8 Å². The molecule has 0 fully saturated rings. The summed E-state index contributed by atoms with van der Waals surface area (Å²) in [4.78, 5) is 23.8. The lowest BCUT2D eigenvalue weighted by Crippen LogP contribution is -2.22. The lowest BCUT2D eigenvalue weighted by atomic mass is 10.0. The van der Waals surface area contributed by atoms with E-state index in [1.807, 2.05) is 13.8 Å².